The molecule has 1 aliphatic heterocycles. The first-order valence-electron chi connectivity index (χ1n) is 7.39. The molecule has 1 saturated heterocycles. The Morgan fingerprint density at radius 3 is 2.59 bits per heavy atom. The average Bonchev–Trinajstić information content (AvgIpc) is 2.48. The summed E-state index contributed by atoms with van der Waals surface area (Å²) in [5, 5.41) is 5.58. The van der Waals surface area contributed by atoms with Crippen molar-refractivity contribution in [3.63, 3.8) is 0 Å². The van der Waals surface area contributed by atoms with Crippen LogP contribution >= 0.6 is 11.6 Å². The summed E-state index contributed by atoms with van der Waals surface area (Å²) in [6, 6.07) is 7.32. The molecule has 1 aromatic rings. The zero-order valence-corrected chi connectivity index (χ0v) is 13.4. The molecule has 1 aromatic carbocycles. The molecule has 0 spiro atoms. The number of halogens is 1. The van der Waals surface area contributed by atoms with Crippen LogP contribution in [0.4, 0.5) is 10.5 Å². The summed E-state index contributed by atoms with van der Waals surface area (Å²) in [6.45, 7) is 5.74. The van der Waals surface area contributed by atoms with Gasteiger partial charge in [-0.3, -0.25) is 15.0 Å². The van der Waals surface area contributed by atoms with Gasteiger partial charge in [0.05, 0.1) is 6.54 Å². The summed E-state index contributed by atoms with van der Waals surface area (Å²) in [6.07, 6.45) is 0. The molecule has 2 N–H and O–H groups in total. The van der Waals surface area contributed by atoms with Crippen LogP contribution in [-0.2, 0) is 4.79 Å². The van der Waals surface area contributed by atoms with Gasteiger partial charge >= 0.3 is 6.03 Å². The molecule has 2 rings (SSSR count). The summed E-state index contributed by atoms with van der Waals surface area (Å²) in [7, 11) is 0. The van der Waals surface area contributed by atoms with E-state index in [1.165, 1.54) is 0 Å². The second kappa shape index (κ2) is 8.00. The maximum absolute atomic E-state index is 11.7. The topological polar surface area (TPSA) is 64.7 Å². The lowest BCUT2D eigenvalue weighted by molar-refractivity contribution is -0.121. The number of carbonyl (C=O) groups excluding carboxylic acids is 2. The molecule has 0 aliphatic carbocycles. The molecule has 0 saturated carbocycles. The van der Waals surface area contributed by atoms with Gasteiger partial charge in [-0.2, -0.15) is 0 Å². The van der Waals surface area contributed by atoms with Gasteiger partial charge in [0, 0.05) is 43.4 Å². The Hall–Kier alpha value is -1.79. The maximum Gasteiger partial charge on any atom is 0.321 e. The first-order chi connectivity index (χ1) is 10.6. The summed E-state index contributed by atoms with van der Waals surface area (Å²) in [4.78, 5) is 27.3. The van der Waals surface area contributed by atoms with E-state index in [9.17, 15) is 9.59 Å². The van der Waals surface area contributed by atoms with Crippen LogP contribution in [0.1, 0.15) is 6.92 Å². The van der Waals surface area contributed by atoms with Crippen molar-refractivity contribution in [1.82, 2.24) is 15.5 Å². The zero-order valence-electron chi connectivity index (χ0n) is 12.6. The van der Waals surface area contributed by atoms with E-state index in [0.29, 0.717) is 6.54 Å². The molecular formula is C15H21ClN4O2. The predicted molar refractivity (Wildman–Crippen MR) is 87.3 cm³/mol. The van der Waals surface area contributed by atoms with Crippen LogP contribution in [0.3, 0.4) is 0 Å². The Bertz CT molecular complexity index is 530. The first kappa shape index (κ1) is 16.6. The molecule has 120 valence electrons. The van der Waals surface area contributed by atoms with Crippen LogP contribution in [0.2, 0.25) is 5.02 Å². The van der Waals surface area contributed by atoms with Crippen molar-refractivity contribution in [2.45, 2.75) is 6.92 Å². The fourth-order valence-electron chi connectivity index (χ4n) is 2.41. The average molecular weight is 325 g/mol. The van der Waals surface area contributed by atoms with Crippen LogP contribution in [0.15, 0.2) is 24.3 Å². The Balaban J connectivity index is 1.77. The molecule has 1 heterocycles. The SMILES string of the molecule is CCNC(=O)NC(=O)CN1CCN(c2cccc(Cl)c2)CC1. The number of nitrogens with one attached hydrogen (secondary N) is 2. The summed E-state index contributed by atoms with van der Waals surface area (Å²) < 4.78 is 0. The van der Waals surface area contributed by atoms with E-state index in [1.807, 2.05) is 29.2 Å². The van der Waals surface area contributed by atoms with Gasteiger partial charge in [0.15, 0.2) is 0 Å². The number of amides is 3. The largest absolute Gasteiger partial charge is 0.369 e. The third-order valence-corrected chi connectivity index (χ3v) is 3.74. The minimum absolute atomic E-state index is 0.237. The van der Waals surface area contributed by atoms with Gasteiger partial charge in [0.1, 0.15) is 0 Å². The summed E-state index contributed by atoms with van der Waals surface area (Å²) in [5.74, 6) is -0.276. The highest BCUT2D eigenvalue weighted by Gasteiger charge is 2.20. The fourth-order valence-corrected chi connectivity index (χ4v) is 2.60. The fraction of sp³-hybridized carbons (Fsp3) is 0.467. The summed E-state index contributed by atoms with van der Waals surface area (Å²) in [5.41, 5.74) is 1.10. The molecule has 7 heteroatoms. The molecule has 0 aromatic heterocycles. The van der Waals surface area contributed by atoms with Crippen molar-refractivity contribution < 1.29 is 9.59 Å². The molecule has 22 heavy (non-hydrogen) atoms. The Morgan fingerprint density at radius 2 is 1.95 bits per heavy atom. The molecule has 0 radical (unpaired) electrons. The number of benzene rings is 1. The number of rotatable bonds is 4. The molecule has 1 aliphatic rings. The van der Waals surface area contributed by atoms with Crippen molar-refractivity contribution >= 4 is 29.2 Å². The van der Waals surface area contributed by atoms with E-state index in [4.69, 9.17) is 11.6 Å². The van der Waals surface area contributed by atoms with Crippen molar-refractivity contribution in [2.24, 2.45) is 0 Å². The predicted octanol–water partition coefficient (Wildman–Crippen LogP) is 1.31. The summed E-state index contributed by atoms with van der Waals surface area (Å²) >= 11 is 6.01. The van der Waals surface area contributed by atoms with Gasteiger partial charge < -0.3 is 10.2 Å². The van der Waals surface area contributed by atoms with Crippen molar-refractivity contribution in [2.75, 3.05) is 44.2 Å². The zero-order chi connectivity index (χ0) is 15.9. The van der Waals surface area contributed by atoms with E-state index < -0.39 is 6.03 Å². The third kappa shape index (κ3) is 4.89. The quantitative estimate of drug-likeness (QED) is 0.876. The van der Waals surface area contributed by atoms with Crippen LogP contribution in [0.5, 0.6) is 0 Å². The van der Waals surface area contributed by atoms with E-state index in [-0.39, 0.29) is 12.5 Å². The van der Waals surface area contributed by atoms with E-state index in [1.54, 1.807) is 6.92 Å². The van der Waals surface area contributed by atoms with Gasteiger partial charge in [-0.25, -0.2) is 4.79 Å². The highest BCUT2D eigenvalue weighted by molar-refractivity contribution is 6.30. The van der Waals surface area contributed by atoms with E-state index in [2.05, 4.69) is 15.5 Å². The number of piperazine rings is 1. The second-order valence-corrected chi connectivity index (χ2v) is 5.59. The third-order valence-electron chi connectivity index (χ3n) is 3.50. The van der Waals surface area contributed by atoms with Crippen LogP contribution in [-0.4, -0.2) is 56.1 Å². The van der Waals surface area contributed by atoms with E-state index in [0.717, 1.165) is 36.9 Å². The minimum atomic E-state index is -0.440. The number of nitrogens with zero attached hydrogens (tertiary/aromatic N) is 2. The molecular weight excluding hydrogens is 304 g/mol. The number of hydrogen-bond acceptors (Lipinski definition) is 4. The smallest absolute Gasteiger partial charge is 0.321 e. The van der Waals surface area contributed by atoms with Gasteiger partial charge in [-0.1, -0.05) is 17.7 Å². The molecule has 0 bridgehead atoms. The molecule has 0 atom stereocenters. The van der Waals surface area contributed by atoms with Gasteiger partial charge in [-0.15, -0.1) is 0 Å². The van der Waals surface area contributed by atoms with Crippen molar-refractivity contribution in [3.8, 4) is 0 Å². The standard InChI is InChI=1S/C15H21ClN4O2/c1-2-17-15(22)18-14(21)11-19-6-8-20(9-7-19)13-5-3-4-12(16)10-13/h3-5,10H,2,6-9,11H2,1H3,(H2,17,18,21,22). The maximum atomic E-state index is 11.7. The van der Waals surface area contributed by atoms with Gasteiger partial charge in [0.25, 0.3) is 0 Å². The lowest BCUT2D eigenvalue weighted by Crippen LogP contribution is -2.51. The number of anilines is 1. The monoisotopic (exact) mass is 324 g/mol. The first-order valence-corrected chi connectivity index (χ1v) is 7.77. The van der Waals surface area contributed by atoms with Gasteiger partial charge in [-0.05, 0) is 25.1 Å². The Morgan fingerprint density at radius 1 is 1.23 bits per heavy atom. The normalized spacial score (nSPS) is 15.5. The van der Waals surface area contributed by atoms with Gasteiger partial charge in [0.2, 0.25) is 5.91 Å². The molecule has 1 fully saturated rings. The number of urea groups is 1. The highest BCUT2D eigenvalue weighted by Crippen LogP contribution is 2.20. The van der Waals surface area contributed by atoms with Crippen molar-refractivity contribution in [1.29, 1.82) is 0 Å². The Labute approximate surface area is 135 Å². The lowest BCUT2D eigenvalue weighted by Gasteiger charge is -2.35. The number of carbonyl (C=O) groups is 2. The Kier molecular flexibility index (Phi) is 6.03. The lowest BCUT2D eigenvalue weighted by atomic mass is 10.2. The van der Waals surface area contributed by atoms with Crippen LogP contribution in [0, 0.1) is 0 Å². The van der Waals surface area contributed by atoms with E-state index >= 15 is 0 Å². The van der Waals surface area contributed by atoms with Crippen LogP contribution < -0.4 is 15.5 Å². The molecule has 0 unspecified atom stereocenters. The minimum Gasteiger partial charge on any atom is -0.369 e. The van der Waals surface area contributed by atoms with Crippen LogP contribution in [0.25, 0.3) is 0 Å². The molecule has 6 nitrogen and oxygen atoms in total. The highest BCUT2D eigenvalue weighted by atomic mass is 35.5. The second-order valence-electron chi connectivity index (χ2n) is 5.15. The number of hydrogen-bond donors (Lipinski definition) is 2. The molecule has 3 amide bonds. The van der Waals surface area contributed by atoms with Crippen molar-refractivity contribution in [3.05, 3.63) is 29.3 Å². The number of imide groups is 1.